The zero-order chi connectivity index (χ0) is 22.4. The molecule has 1 aliphatic heterocycles. The van der Waals surface area contributed by atoms with E-state index in [2.05, 4.69) is 4.98 Å². The second kappa shape index (κ2) is 9.35. The van der Waals surface area contributed by atoms with Crippen molar-refractivity contribution in [1.29, 1.82) is 0 Å². The van der Waals surface area contributed by atoms with E-state index >= 15 is 0 Å². The second-order valence-corrected chi connectivity index (χ2v) is 6.00. The van der Waals surface area contributed by atoms with Crippen LogP contribution in [0.3, 0.4) is 0 Å². The number of ether oxygens (including phenoxy) is 3. The third kappa shape index (κ3) is 4.58. The van der Waals surface area contributed by atoms with Gasteiger partial charge in [0.05, 0.1) is 24.7 Å². The highest BCUT2D eigenvalue weighted by atomic mass is 16.6. The molecule has 2 aromatic rings. The zero-order valence-corrected chi connectivity index (χ0v) is 16.6. The first-order valence-corrected chi connectivity index (χ1v) is 8.88. The van der Waals surface area contributed by atoms with Gasteiger partial charge in [0.2, 0.25) is 0 Å². The van der Waals surface area contributed by atoms with Gasteiger partial charge in [-0.25, -0.2) is 14.6 Å². The molecule has 0 N–H and O–H groups in total. The molecule has 0 bridgehead atoms. The van der Waals surface area contributed by atoms with E-state index in [-0.39, 0.29) is 28.6 Å². The van der Waals surface area contributed by atoms with E-state index in [9.17, 15) is 19.7 Å². The number of pyridine rings is 1. The van der Waals surface area contributed by atoms with Crippen LogP contribution in [0.2, 0.25) is 0 Å². The van der Waals surface area contributed by atoms with E-state index in [1.54, 1.807) is 36.6 Å². The summed E-state index contributed by atoms with van der Waals surface area (Å²) in [6.07, 6.45) is 7.56. The van der Waals surface area contributed by atoms with Gasteiger partial charge in [-0.2, -0.15) is 0 Å². The fourth-order valence-corrected chi connectivity index (χ4v) is 2.77. The van der Waals surface area contributed by atoms with Crippen molar-refractivity contribution < 1.29 is 28.7 Å². The fraction of sp³-hybridized carbons (Fsp3) is 0.0952. The summed E-state index contributed by atoms with van der Waals surface area (Å²) in [7, 11) is 2.40. The molecule has 0 radical (unpaired) electrons. The van der Waals surface area contributed by atoms with E-state index in [1.807, 2.05) is 0 Å². The molecule has 0 saturated carbocycles. The normalized spacial score (nSPS) is 12.9. The number of carbonyl (C=O) groups excluding carboxylic acids is 2. The summed E-state index contributed by atoms with van der Waals surface area (Å²) in [5.41, 5.74) is 0.0547. The Morgan fingerprint density at radius 2 is 1.84 bits per heavy atom. The van der Waals surface area contributed by atoms with Crippen LogP contribution < -0.4 is 9.64 Å². The summed E-state index contributed by atoms with van der Waals surface area (Å²) >= 11 is 0. The lowest BCUT2D eigenvalue weighted by Gasteiger charge is -2.23. The maximum absolute atomic E-state index is 12.5. The van der Waals surface area contributed by atoms with Crippen molar-refractivity contribution in [3.63, 3.8) is 0 Å². The van der Waals surface area contributed by atoms with Crippen molar-refractivity contribution in [1.82, 2.24) is 4.98 Å². The lowest BCUT2D eigenvalue weighted by Crippen LogP contribution is -2.26. The van der Waals surface area contributed by atoms with Crippen LogP contribution in [0.4, 0.5) is 11.4 Å². The van der Waals surface area contributed by atoms with E-state index in [0.717, 1.165) is 0 Å². The Labute approximate surface area is 176 Å². The molecule has 1 aromatic carbocycles. The van der Waals surface area contributed by atoms with E-state index < -0.39 is 16.9 Å². The predicted molar refractivity (Wildman–Crippen MR) is 109 cm³/mol. The maximum Gasteiger partial charge on any atom is 0.355 e. The molecule has 0 unspecified atom stereocenters. The van der Waals surface area contributed by atoms with Crippen molar-refractivity contribution in [2.75, 3.05) is 19.1 Å². The standard InChI is InChI=1S/C21H17N3O7/c1-29-20(25)16-9-3-4-12-23(18(16)21(26)30-2)14-7-5-8-15(13-14)31-19-17(24(27)28)10-6-11-22-19/h3-13H,1-2H3. The monoisotopic (exact) mass is 423 g/mol. The lowest BCUT2D eigenvalue weighted by molar-refractivity contribution is -0.386. The molecule has 2 heterocycles. The molecular weight excluding hydrogens is 406 g/mol. The van der Waals surface area contributed by atoms with Crippen LogP contribution in [-0.4, -0.2) is 36.1 Å². The van der Waals surface area contributed by atoms with Crippen molar-refractivity contribution in [2.24, 2.45) is 0 Å². The number of carbonyl (C=O) groups is 2. The first-order chi connectivity index (χ1) is 15.0. The molecule has 31 heavy (non-hydrogen) atoms. The highest BCUT2D eigenvalue weighted by Gasteiger charge is 2.27. The molecule has 0 fully saturated rings. The summed E-state index contributed by atoms with van der Waals surface area (Å²) in [6.45, 7) is 0. The van der Waals surface area contributed by atoms with Crippen LogP contribution in [0.1, 0.15) is 0 Å². The molecule has 0 atom stereocenters. The maximum atomic E-state index is 12.5. The zero-order valence-electron chi connectivity index (χ0n) is 16.6. The Balaban J connectivity index is 2.05. The number of hydrogen-bond acceptors (Lipinski definition) is 9. The number of methoxy groups -OCH3 is 2. The van der Waals surface area contributed by atoms with Gasteiger partial charge in [0, 0.05) is 30.2 Å². The van der Waals surface area contributed by atoms with Gasteiger partial charge in [0.15, 0.2) is 0 Å². The molecule has 0 amide bonds. The van der Waals surface area contributed by atoms with Crippen LogP contribution in [-0.2, 0) is 19.1 Å². The topological polar surface area (TPSA) is 121 Å². The summed E-state index contributed by atoms with van der Waals surface area (Å²) in [4.78, 5) is 40.7. The van der Waals surface area contributed by atoms with Crippen LogP contribution in [0.15, 0.2) is 78.3 Å². The molecule has 10 nitrogen and oxygen atoms in total. The number of aromatic nitrogens is 1. The summed E-state index contributed by atoms with van der Waals surface area (Å²) in [5, 5.41) is 11.2. The van der Waals surface area contributed by atoms with Crippen molar-refractivity contribution >= 4 is 23.3 Å². The minimum absolute atomic E-state index is 0.00830. The van der Waals surface area contributed by atoms with Gasteiger partial charge >= 0.3 is 17.6 Å². The van der Waals surface area contributed by atoms with Crippen molar-refractivity contribution in [3.05, 3.63) is 88.4 Å². The third-order valence-electron chi connectivity index (χ3n) is 4.15. The van der Waals surface area contributed by atoms with Crippen LogP contribution in [0, 0.1) is 10.1 Å². The van der Waals surface area contributed by atoms with Gasteiger partial charge in [0.1, 0.15) is 11.4 Å². The first kappa shape index (κ1) is 21.2. The van der Waals surface area contributed by atoms with Gasteiger partial charge in [-0.15, -0.1) is 0 Å². The van der Waals surface area contributed by atoms with Gasteiger partial charge in [-0.05, 0) is 30.4 Å². The Morgan fingerprint density at radius 1 is 1.06 bits per heavy atom. The van der Waals surface area contributed by atoms with Crippen molar-refractivity contribution in [3.8, 4) is 11.6 Å². The minimum Gasteiger partial charge on any atom is -0.465 e. The number of allylic oxidation sites excluding steroid dienone is 2. The summed E-state index contributed by atoms with van der Waals surface area (Å²) < 4.78 is 15.3. The molecular formula is C21H17N3O7. The highest BCUT2D eigenvalue weighted by molar-refractivity contribution is 6.05. The van der Waals surface area contributed by atoms with Crippen LogP contribution >= 0.6 is 0 Å². The Hall–Kier alpha value is -4.47. The minimum atomic E-state index is -0.761. The number of benzene rings is 1. The molecule has 158 valence electrons. The first-order valence-electron chi connectivity index (χ1n) is 8.88. The molecule has 1 aromatic heterocycles. The molecule has 1 aliphatic rings. The average molecular weight is 423 g/mol. The Morgan fingerprint density at radius 3 is 2.55 bits per heavy atom. The van der Waals surface area contributed by atoms with Crippen LogP contribution in [0.5, 0.6) is 11.6 Å². The summed E-state index contributed by atoms with van der Waals surface area (Å²) in [6, 6.07) is 9.09. The van der Waals surface area contributed by atoms with Crippen LogP contribution in [0.25, 0.3) is 0 Å². The second-order valence-electron chi connectivity index (χ2n) is 6.00. The molecule has 0 saturated heterocycles. The average Bonchev–Trinajstić information content (AvgIpc) is 3.01. The quantitative estimate of drug-likeness (QED) is 0.391. The largest absolute Gasteiger partial charge is 0.465 e. The molecule has 0 aliphatic carbocycles. The highest BCUT2D eigenvalue weighted by Crippen LogP contribution is 2.33. The lowest BCUT2D eigenvalue weighted by atomic mass is 10.1. The number of hydrogen-bond donors (Lipinski definition) is 0. The number of nitrogens with zero attached hydrogens (tertiary/aromatic N) is 3. The number of anilines is 1. The summed E-state index contributed by atoms with van der Waals surface area (Å²) in [5.74, 6) is -1.43. The number of esters is 2. The van der Waals surface area contributed by atoms with Gasteiger partial charge < -0.3 is 19.1 Å². The van der Waals surface area contributed by atoms with E-state index in [1.165, 1.54) is 49.6 Å². The Bertz CT molecular complexity index is 1120. The SMILES string of the molecule is COC(=O)C1=C(C(=O)OC)N(c2cccc(Oc3ncccc3[N+](=O)[O-])c2)C=CC=C1. The van der Waals surface area contributed by atoms with Gasteiger partial charge in [-0.1, -0.05) is 12.1 Å². The van der Waals surface area contributed by atoms with E-state index in [0.29, 0.717) is 5.69 Å². The Kier molecular flexibility index (Phi) is 6.41. The van der Waals surface area contributed by atoms with Gasteiger partial charge in [-0.3, -0.25) is 10.1 Å². The molecule has 3 rings (SSSR count). The fourth-order valence-electron chi connectivity index (χ4n) is 2.77. The molecule has 0 spiro atoms. The van der Waals surface area contributed by atoms with Gasteiger partial charge in [0.25, 0.3) is 5.88 Å². The number of nitro groups is 1. The molecule has 10 heteroatoms. The van der Waals surface area contributed by atoms with E-state index in [4.69, 9.17) is 14.2 Å². The predicted octanol–water partition coefficient (Wildman–Crippen LogP) is 3.27. The third-order valence-corrected chi connectivity index (χ3v) is 4.15. The number of rotatable bonds is 6. The smallest absolute Gasteiger partial charge is 0.355 e. The van der Waals surface area contributed by atoms with Crippen molar-refractivity contribution in [2.45, 2.75) is 0 Å².